The molecule has 0 aliphatic heterocycles. The highest BCUT2D eigenvalue weighted by molar-refractivity contribution is 9.10. The van der Waals surface area contributed by atoms with E-state index in [0.717, 1.165) is 10.4 Å². The van der Waals surface area contributed by atoms with Crippen LogP contribution in [0.1, 0.15) is 5.76 Å². The van der Waals surface area contributed by atoms with Gasteiger partial charge >= 0.3 is 5.97 Å². The molecule has 0 radical (unpaired) electrons. The molecule has 1 amide bonds. The number of carbonyl (C=O) groups is 2. The van der Waals surface area contributed by atoms with Crippen molar-refractivity contribution in [1.29, 1.82) is 0 Å². The lowest BCUT2D eigenvalue weighted by atomic mass is 10.3. The normalized spacial score (nSPS) is 11.8. The Kier molecular flexibility index (Phi) is 7.41. The number of hydrogen-bond acceptors (Lipinski definition) is 6. The van der Waals surface area contributed by atoms with E-state index in [9.17, 15) is 18.0 Å². The van der Waals surface area contributed by atoms with Crippen LogP contribution in [0.2, 0.25) is 5.02 Å². The number of benzene rings is 1. The molecule has 150 valence electrons. The standard InChI is InChI=1S/C17H16BrClN2O6S/c1-21(2)28(24,25)12-5-6-13(19)14(9-12)20-16(22)10-26-17(23)8-4-11-3-7-15(18)27-11/h3-9H,10H2,1-2H3,(H,20,22). The fourth-order valence-corrected chi connectivity index (χ4v) is 3.32. The molecular formula is C17H16BrClN2O6S. The summed E-state index contributed by atoms with van der Waals surface area (Å²) < 4.78 is 35.9. The average molecular weight is 492 g/mol. The zero-order valence-corrected chi connectivity index (χ0v) is 18.0. The zero-order valence-electron chi connectivity index (χ0n) is 14.8. The fraction of sp³-hybridized carbons (Fsp3) is 0.176. The third-order valence-corrected chi connectivity index (χ3v) is 5.88. The minimum absolute atomic E-state index is 0.0401. The first kappa shape index (κ1) is 22.2. The number of furan rings is 1. The van der Waals surface area contributed by atoms with Gasteiger partial charge in [0.2, 0.25) is 10.0 Å². The van der Waals surface area contributed by atoms with Crippen LogP contribution < -0.4 is 5.32 Å². The van der Waals surface area contributed by atoms with Gasteiger partial charge < -0.3 is 14.5 Å². The van der Waals surface area contributed by atoms with Gasteiger partial charge in [-0.2, -0.15) is 0 Å². The molecule has 0 aliphatic rings. The number of rotatable bonds is 7. The van der Waals surface area contributed by atoms with Gasteiger partial charge in [0.1, 0.15) is 5.76 Å². The fourth-order valence-electron chi connectivity index (χ4n) is 1.91. The third kappa shape index (κ3) is 5.93. The van der Waals surface area contributed by atoms with Crippen LogP contribution in [0, 0.1) is 0 Å². The minimum Gasteiger partial charge on any atom is -0.452 e. The van der Waals surface area contributed by atoms with E-state index in [4.69, 9.17) is 20.8 Å². The van der Waals surface area contributed by atoms with Gasteiger partial charge in [-0.25, -0.2) is 17.5 Å². The van der Waals surface area contributed by atoms with Gasteiger partial charge in [0, 0.05) is 20.2 Å². The summed E-state index contributed by atoms with van der Waals surface area (Å²) in [7, 11) is -0.922. The number of anilines is 1. The largest absolute Gasteiger partial charge is 0.452 e. The molecule has 0 aliphatic carbocycles. The molecule has 2 rings (SSSR count). The summed E-state index contributed by atoms with van der Waals surface area (Å²) in [6.45, 7) is -0.577. The van der Waals surface area contributed by atoms with Crippen molar-refractivity contribution in [2.45, 2.75) is 4.90 Å². The second kappa shape index (κ2) is 9.37. The SMILES string of the molecule is CN(C)S(=O)(=O)c1ccc(Cl)c(NC(=O)COC(=O)C=Cc2ccc(Br)o2)c1. The second-order valence-electron chi connectivity index (χ2n) is 5.56. The number of carbonyl (C=O) groups excluding carboxylic acids is 2. The number of ether oxygens (including phenoxy) is 1. The maximum Gasteiger partial charge on any atom is 0.331 e. The number of nitrogens with zero attached hydrogens (tertiary/aromatic N) is 1. The van der Waals surface area contributed by atoms with E-state index in [2.05, 4.69) is 21.2 Å². The van der Waals surface area contributed by atoms with E-state index in [1.54, 1.807) is 12.1 Å². The lowest BCUT2D eigenvalue weighted by Gasteiger charge is -2.13. The maximum atomic E-state index is 12.2. The Labute approximate surface area is 175 Å². The average Bonchev–Trinajstić information content (AvgIpc) is 3.05. The van der Waals surface area contributed by atoms with Crippen LogP contribution in [-0.2, 0) is 24.3 Å². The number of esters is 1. The van der Waals surface area contributed by atoms with Crippen LogP contribution in [-0.4, -0.2) is 45.3 Å². The summed E-state index contributed by atoms with van der Waals surface area (Å²) in [6.07, 6.45) is 2.49. The van der Waals surface area contributed by atoms with Crippen molar-refractivity contribution < 1.29 is 27.2 Å². The van der Waals surface area contributed by atoms with E-state index >= 15 is 0 Å². The Morgan fingerprint density at radius 1 is 1.29 bits per heavy atom. The summed E-state index contributed by atoms with van der Waals surface area (Å²) in [5.41, 5.74) is 0.0848. The molecule has 0 spiro atoms. The summed E-state index contributed by atoms with van der Waals surface area (Å²) >= 11 is 9.13. The molecule has 0 saturated carbocycles. The number of nitrogens with one attached hydrogen (secondary N) is 1. The van der Waals surface area contributed by atoms with E-state index in [1.807, 2.05) is 0 Å². The van der Waals surface area contributed by atoms with Crippen LogP contribution in [0.15, 0.2) is 50.4 Å². The Morgan fingerprint density at radius 2 is 2.00 bits per heavy atom. The van der Waals surface area contributed by atoms with Crippen molar-refractivity contribution in [2.24, 2.45) is 0 Å². The van der Waals surface area contributed by atoms with Gasteiger partial charge in [0.15, 0.2) is 11.3 Å². The van der Waals surface area contributed by atoms with E-state index < -0.39 is 28.5 Å². The monoisotopic (exact) mass is 490 g/mol. The molecule has 1 N–H and O–H groups in total. The van der Waals surface area contributed by atoms with Crippen molar-refractivity contribution >= 4 is 61.2 Å². The zero-order chi connectivity index (χ0) is 20.9. The van der Waals surface area contributed by atoms with Gasteiger partial charge in [-0.3, -0.25) is 4.79 Å². The first-order valence-electron chi connectivity index (χ1n) is 7.71. The molecule has 28 heavy (non-hydrogen) atoms. The lowest BCUT2D eigenvalue weighted by Crippen LogP contribution is -2.23. The predicted octanol–water partition coefficient (Wildman–Crippen LogP) is 3.14. The molecule has 8 nitrogen and oxygen atoms in total. The summed E-state index contributed by atoms with van der Waals surface area (Å²) in [6, 6.07) is 7.20. The Morgan fingerprint density at radius 3 is 2.61 bits per heavy atom. The van der Waals surface area contributed by atoms with Crippen LogP contribution in [0.3, 0.4) is 0 Å². The van der Waals surface area contributed by atoms with Crippen molar-refractivity contribution in [3.63, 3.8) is 0 Å². The molecule has 0 fully saturated rings. The molecular weight excluding hydrogens is 476 g/mol. The third-order valence-electron chi connectivity index (χ3n) is 3.31. The molecule has 0 unspecified atom stereocenters. The molecule has 1 heterocycles. The summed E-state index contributed by atoms with van der Waals surface area (Å²) in [4.78, 5) is 23.6. The van der Waals surface area contributed by atoms with E-state index in [1.165, 1.54) is 38.4 Å². The highest BCUT2D eigenvalue weighted by Crippen LogP contribution is 2.26. The highest BCUT2D eigenvalue weighted by atomic mass is 79.9. The molecule has 2 aromatic rings. The smallest absolute Gasteiger partial charge is 0.331 e. The molecule has 1 aromatic heterocycles. The van der Waals surface area contributed by atoms with Crippen molar-refractivity contribution in [3.8, 4) is 0 Å². The highest BCUT2D eigenvalue weighted by Gasteiger charge is 2.19. The van der Waals surface area contributed by atoms with Crippen LogP contribution in [0.25, 0.3) is 6.08 Å². The van der Waals surface area contributed by atoms with Crippen LogP contribution in [0.5, 0.6) is 0 Å². The predicted molar refractivity (Wildman–Crippen MR) is 107 cm³/mol. The molecule has 11 heteroatoms. The molecule has 0 bridgehead atoms. The number of amides is 1. The first-order valence-corrected chi connectivity index (χ1v) is 10.3. The number of sulfonamides is 1. The van der Waals surface area contributed by atoms with Crippen molar-refractivity contribution in [2.75, 3.05) is 26.0 Å². The first-order chi connectivity index (χ1) is 13.1. The number of hydrogen-bond donors (Lipinski definition) is 1. The van der Waals surface area contributed by atoms with Gasteiger partial charge in [-0.15, -0.1) is 0 Å². The van der Waals surface area contributed by atoms with Crippen LogP contribution in [0.4, 0.5) is 5.69 Å². The van der Waals surface area contributed by atoms with Gasteiger partial charge in [0.25, 0.3) is 5.91 Å². The Bertz CT molecular complexity index is 1020. The van der Waals surface area contributed by atoms with E-state index in [0.29, 0.717) is 10.4 Å². The quantitative estimate of drug-likeness (QED) is 0.471. The molecule has 0 saturated heterocycles. The van der Waals surface area contributed by atoms with Gasteiger partial charge in [-0.05, 0) is 52.3 Å². The minimum atomic E-state index is -3.69. The number of halogens is 2. The molecule has 0 atom stereocenters. The van der Waals surface area contributed by atoms with E-state index in [-0.39, 0.29) is 15.6 Å². The van der Waals surface area contributed by atoms with Crippen LogP contribution >= 0.6 is 27.5 Å². The van der Waals surface area contributed by atoms with Gasteiger partial charge in [-0.1, -0.05) is 11.6 Å². The summed E-state index contributed by atoms with van der Waals surface area (Å²) in [5.74, 6) is -1.000. The summed E-state index contributed by atoms with van der Waals surface area (Å²) in [5, 5.41) is 2.55. The van der Waals surface area contributed by atoms with Gasteiger partial charge in [0.05, 0.1) is 15.6 Å². The lowest BCUT2D eigenvalue weighted by molar-refractivity contribution is -0.142. The molecule has 1 aromatic carbocycles. The second-order valence-corrected chi connectivity index (χ2v) is 8.90. The Balaban J connectivity index is 1.97. The topological polar surface area (TPSA) is 106 Å². The maximum absolute atomic E-state index is 12.2. The Hall–Kier alpha value is -2.14. The van der Waals surface area contributed by atoms with Crippen molar-refractivity contribution in [3.05, 3.63) is 51.9 Å². The van der Waals surface area contributed by atoms with Crippen molar-refractivity contribution in [1.82, 2.24) is 4.31 Å².